The fraction of sp³-hybridized carbons (Fsp3) is 0.357. The smallest absolute Gasteiger partial charge is 0.240 e. The van der Waals surface area contributed by atoms with Crippen molar-refractivity contribution in [3.63, 3.8) is 0 Å². The Morgan fingerprint density at radius 1 is 1.19 bits per heavy atom. The van der Waals surface area contributed by atoms with Gasteiger partial charge < -0.3 is 10.1 Å². The Morgan fingerprint density at radius 3 is 2.57 bits per heavy atom. The van der Waals surface area contributed by atoms with Crippen molar-refractivity contribution in [1.82, 2.24) is 14.7 Å². The van der Waals surface area contributed by atoms with Gasteiger partial charge in [-0.15, -0.1) is 0 Å². The maximum atomic E-state index is 12.1. The maximum absolute atomic E-state index is 12.1. The second kappa shape index (κ2) is 7.35. The minimum atomic E-state index is -3.49. The van der Waals surface area contributed by atoms with E-state index in [1.165, 1.54) is 0 Å². The molecule has 1 aromatic carbocycles. The lowest BCUT2D eigenvalue weighted by atomic mass is 10.1. The molecule has 2 rings (SSSR count). The van der Waals surface area contributed by atoms with Crippen LogP contribution in [0.4, 0.5) is 0 Å². The van der Waals surface area contributed by atoms with Crippen molar-refractivity contribution in [2.24, 2.45) is 0 Å². The third-order valence-corrected chi connectivity index (χ3v) is 4.54. The molecule has 21 heavy (non-hydrogen) atoms. The number of H-pyrrole nitrogens is 1. The molecule has 0 spiro atoms. The van der Waals surface area contributed by atoms with Crippen LogP contribution < -0.4 is 4.72 Å². The maximum Gasteiger partial charge on any atom is 0.240 e. The van der Waals surface area contributed by atoms with Crippen molar-refractivity contribution >= 4 is 10.0 Å². The molecule has 0 unspecified atom stereocenters. The third-order valence-electron chi connectivity index (χ3n) is 3.07. The number of aromatic amines is 1. The second-order valence-corrected chi connectivity index (χ2v) is 6.42. The number of hydrogen-bond donors (Lipinski definition) is 3. The van der Waals surface area contributed by atoms with Gasteiger partial charge in [0.2, 0.25) is 10.0 Å². The average Bonchev–Trinajstić information content (AvgIpc) is 2.98. The Hall–Kier alpha value is -1.70. The molecule has 1 heterocycles. The van der Waals surface area contributed by atoms with Crippen LogP contribution in [0.3, 0.4) is 0 Å². The zero-order chi connectivity index (χ0) is 15.1. The van der Waals surface area contributed by atoms with Crippen LogP contribution in [0.25, 0.3) is 0 Å². The Labute approximate surface area is 124 Å². The minimum absolute atomic E-state index is 0.133. The van der Waals surface area contributed by atoms with Crippen molar-refractivity contribution < 1.29 is 13.5 Å². The largest absolute Gasteiger partial charge is 0.396 e. The predicted octanol–water partition coefficient (Wildman–Crippen LogP) is 0.856. The molecule has 0 saturated carbocycles. The van der Waals surface area contributed by atoms with Crippen molar-refractivity contribution in [2.75, 3.05) is 13.2 Å². The molecule has 0 aliphatic carbocycles. The van der Waals surface area contributed by atoms with Gasteiger partial charge >= 0.3 is 0 Å². The lowest BCUT2D eigenvalue weighted by molar-refractivity contribution is 0.288. The molecular formula is C14H19N3O3S. The van der Waals surface area contributed by atoms with Crippen LogP contribution in [0.5, 0.6) is 0 Å². The molecule has 0 fully saturated rings. The van der Waals surface area contributed by atoms with Crippen LogP contribution in [0, 0.1) is 0 Å². The number of rotatable bonds is 8. The molecule has 0 aliphatic heterocycles. The van der Waals surface area contributed by atoms with Gasteiger partial charge in [-0.2, -0.15) is 0 Å². The molecule has 0 atom stereocenters. The van der Waals surface area contributed by atoms with Gasteiger partial charge in [-0.25, -0.2) is 18.1 Å². The highest BCUT2D eigenvalue weighted by Crippen LogP contribution is 2.11. The number of aliphatic hydroxyl groups excluding tert-OH is 1. The Morgan fingerprint density at radius 2 is 1.95 bits per heavy atom. The number of aliphatic hydroxyl groups is 1. The lowest BCUT2D eigenvalue weighted by Crippen LogP contribution is -2.26. The third kappa shape index (κ3) is 4.66. The Balaban J connectivity index is 1.92. The highest BCUT2D eigenvalue weighted by Gasteiger charge is 2.13. The fourth-order valence-corrected chi connectivity index (χ4v) is 2.97. The van der Waals surface area contributed by atoms with E-state index in [4.69, 9.17) is 5.11 Å². The van der Waals surface area contributed by atoms with Crippen LogP contribution in [0.2, 0.25) is 0 Å². The number of aryl methyl sites for hydroxylation is 1. The summed E-state index contributed by atoms with van der Waals surface area (Å²) < 4.78 is 26.8. The lowest BCUT2D eigenvalue weighted by Gasteiger charge is -2.07. The van der Waals surface area contributed by atoms with E-state index in [1.807, 2.05) is 0 Å². The van der Waals surface area contributed by atoms with E-state index in [0.717, 1.165) is 17.8 Å². The van der Waals surface area contributed by atoms with Crippen LogP contribution in [-0.4, -0.2) is 36.6 Å². The number of benzene rings is 1. The zero-order valence-electron chi connectivity index (χ0n) is 11.6. The number of nitrogens with zero attached hydrogens (tertiary/aromatic N) is 1. The van der Waals surface area contributed by atoms with Crippen LogP contribution in [0.1, 0.15) is 17.8 Å². The first-order valence-corrected chi connectivity index (χ1v) is 8.28. The van der Waals surface area contributed by atoms with Gasteiger partial charge in [0.05, 0.1) is 4.90 Å². The summed E-state index contributed by atoms with van der Waals surface area (Å²) in [6.07, 6.45) is 5.26. The van der Waals surface area contributed by atoms with E-state index in [-0.39, 0.29) is 11.5 Å². The summed E-state index contributed by atoms with van der Waals surface area (Å²) in [6.45, 7) is 0.427. The van der Waals surface area contributed by atoms with Crippen molar-refractivity contribution in [3.05, 3.63) is 48.0 Å². The monoisotopic (exact) mass is 309 g/mol. The first-order valence-electron chi connectivity index (χ1n) is 6.79. The Bertz CT molecular complexity index is 637. The highest BCUT2D eigenvalue weighted by molar-refractivity contribution is 7.89. The van der Waals surface area contributed by atoms with Gasteiger partial charge in [0.25, 0.3) is 0 Å². The van der Waals surface area contributed by atoms with E-state index in [1.54, 1.807) is 36.7 Å². The highest BCUT2D eigenvalue weighted by atomic mass is 32.2. The fourth-order valence-electron chi connectivity index (χ4n) is 1.94. The molecule has 0 aliphatic rings. The number of aromatic nitrogens is 2. The van der Waals surface area contributed by atoms with Gasteiger partial charge in [-0.05, 0) is 30.5 Å². The summed E-state index contributed by atoms with van der Waals surface area (Å²) >= 11 is 0. The van der Waals surface area contributed by atoms with E-state index in [2.05, 4.69) is 14.7 Å². The first-order chi connectivity index (χ1) is 10.1. The SMILES string of the molecule is O=S(=O)(NCCc1ncc[nH]1)c1ccc(CCCO)cc1. The summed E-state index contributed by atoms with van der Waals surface area (Å²) in [6, 6.07) is 6.72. The van der Waals surface area contributed by atoms with Crippen molar-refractivity contribution in [1.29, 1.82) is 0 Å². The number of nitrogens with one attached hydrogen (secondary N) is 2. The van der Waals surface area contributed by atoms with Crippen molar-refractivity contribution in [2.45, 2.75) is 24.2 Å². The molecule has 1 aromatic heterocycles. The average molecular weight is 309 g/mol. The first kappa shape index (κ1) is 15.7. The van der Waals surface area contributed by atoms with E-state index >= 15 is 0 Å². The van der Waals surface area contributed by atoms with E-state index < -0.39 is 10.0 Å². The van der Waals surface area contributed by atoms with Crippen LogP contribution in [-0.2, 0) is 22.9 Å². The molecular weight excluding hydrogens is 290 g/mol. The summed E-state index contributed by atoms with van der Waals surface area (Å²) in [7, 11) is -3.49. The molecule has 0 bridgehead atoms. The molecule has 114 valence electrons. The summed E-state index contributed by atoms with van der Waals surface area (Å²) in [5, 5.41) is 8.77. The summed E-state index contributed by atoms with van der Waals surface area (Å²) in [5.41, 5.74) is 1.01. The quantitative estimate of drug-likeness (QED) is 0.674. The molecule has 0 radical (unpaired) electrons. The van der Waals surface area contributed by atoms with Gasteiger partial charge in [0.1, 0.15) is 5.82 Å². The van der Waals surface area contributed by atoms with Crippen LogP contribution in [0.15, 0.2) is 41.6 Å². The Kier molecular flexibility index (Phi) is 5.49. The van der Waals surface area contributed by atoms with Crippen molar-refractivity contribution in [3.8, 4) is 0 Å². The second-order valence-electron chi connectivity index (χ2n) is 4.65. The standard InChI is InChI=1S/C14H19N3O3S/c18-11-1-2-12-3-5-13(6-4-12)21(19,20)17-8-7-14-15-9-10-16-14/h3-6,9-10,17-18H,1-2,7-8,11H2,(H,15,16). The molecule has 3 N–H and O–H groups in total. The van der Waals surface area contributed by atoms with Crippen LogP contribution >= 0.6 is 0 Å². The summed E-state index contributed by atoms with van der Waals surface area (Å²) in [4.78, 5) is 7.21. The normalized spacial score (nSPS) is 11.7. The number of imidazole rings is 1. The zero-order valence-corrected chi connectivity index (χ0v) is 12.4. The molecule has 2 aromatic rings. The van der Waals surface area contributed by atoms with Gasteiger partial charge in [0.15, 0.2) is 0 Å². The predicted molar refractivity (Wildman–Crippen MR) is 79.3 cm³/mol. The van der Waals surface area contributed by atoms with Gasteiger partial charge in [-0.1, -0.05) is 12.1 Å². The molecule has 0 amide bonds. The van der Waals surface area contributed by atoms with Gasteiger partial charge in [-0.3, -0.25) is 0 Å². The topological polar surface area (TPSA) is 95.1 Å². The molecule has 0 saturated heterocycles. The number of sulfonamides is 1. The number of hydrogen-bond acceptors (Lipinski definition) is 4. The van der Waals surface area contributed by atoms with E-state index in [9.17, 15) is 8.42 Å². The molecule has 7 heteroatoms. The van der Waals surface area contributed by atoms with Gasteiger partial charge in [0, 0.05) is 32.0 Å². The molecule has 6 nitrogen and oxygen atoms in total. The summed E-state index contributed by atoms with van der Waals surface area (Å²) in [5.74, 6) is 0.747. The minimum Gasteiger partial charge on any atom is -0.396 e. The van der Waals surface area contributed by atoms with E-state index in [0.29, 0.717) is 19.4 Å².